The van der Waals surface area contributed by atoms with E-state index in [0.717, 1.165) is 43.9 Å². The van der Waals surface area contributed by atoms with Crippen LogP contribution in [0, 0.1) is 5.82 Å². The van der Waals surface area contributed by atoms with Gasteiger partial charge in [-0.2, -0.15) is 4.98 Å². The highest BCUT2D eigenvalue weighted by Gasteiger charge is 2.21. The first-order valence-corrected chi connectivity index (χ1v) is 8.25. The summed E-state index contributed by atoms with van der Waals surface area (Å²) in [7, 11) is 0. The Kier molecular flexibility index (Phi) is 8.33. The lowest BCUT2D eigenvalue weighted by Gasteiger charge is -2.19. The molecule has 1 aliphatic rings. The van der Waals surface area contributed by atoms with Gasteiger partial charge in [-0.3, -0.25) is 0 Å². The summed E-state index contributed by atoms with van der Waals surface area (Å²) in [6.07, 6.45) is 2.83. The maximum absolute atomic E-state index is 13.3. The van der Waals surface area contributed by atoms with E-state index in [9.17, 15) is 4.39 Å². The van der Waals surface area contributed by atoms with E-state index in [0.29, 0.717) is 11.6 Å². The van der Waals surface area contributed by atoms with Gasteiger partial charge in [-0.05, 0) is 31.0 Å². The third kappa shape index (κ3) is 5.33. The van der Waals surface area contributed by atoms with Gasteiger partial charge in [-0.1, -0.05) is 13.3 Å². The number of benzene rings is 1. The van der Waals surface area contributed by atoms with Crippen molar-refractivity contribution in [3.05, 3.63) is 35.8 Å². The molecule has 1 aromatic heterocycles. The Morgan fingerprint density at radius 2 is 2.04 bits per heavy atom. The minimum absolute atomic E-state index is 0. The van der Waals surface area contributed by atoms with E-state index in [4.69, 9.17) is 11.5 Å². The number of aromatic nitrogens is 2. The molecule has 144 valence electrons. The molecule has 6 nitrogen and oxygen atoms in total. The first-order valence-electron chi connectivity index (χ1n) is 8.25. The lowest BCUT2D eigenvalue weighted by atomic mass is 10.2. The Morgan fingerprint density at radius 3 is 2.65 bits per heavy atom. The smallest absolute Gasteiger partial charge is 0.229 e. The topological polar surface area (TPSA) is 93.1 Å². The highest BCUT2D eigenvalue weighted by Crippen LogP contribution is 2.23. The number of anilines is 4. The van der Waals surface area contributed by atoms with E-state index >= 15 is 0 Å². The van der Waals surface area contributed by atoms with Crippen molar-refractivity contribution in [1.82, 2.24) is 9.97 Å². The maximum atomic E-state index is 13.3. The van der Waals surface area contributed by atoms with Crippen LogP contribution in [0.5, 0.6) is 0 Å². The Balaban J connectivity index is 0.00000169. The van der Waals surface area contributed by atoms with E-state index < -0.39 is 5.82 Å². The molecule has 9 heteroatoms. The Hall–Kier alpha value is -1.83. The molecule has 0 saturated carbocycles. The number of nitrogens with zero attached hydrogens (tertiary/aromatic N) is 3. The predicted molar refractivity (Wildman–Crippen MR) is 109 cm³/mol. The van der Waals surface area contributed by atoms with E-state index in [1.807, 2.05) is 6.07 Å². The highest BCUT2D eigenvalue weighted by molar-refractivity contribution is 5.85. The number of rotatable bonds is 5. The molecule has 1 fully saturated rings. The number of nitrogens with one attached hydrogen (secondary N) is 1. The first kappa shape index (κ1) is 22.2. The fourth-order valence-corrected chi connectivity index (χ4v) is 2.83. The van der Waals surface area contributed by atoms with E-state index in [1.165, 1.54) is 12.1 Å². The second-order valence-corrected chi connectivity index (χ2v) is 6.15. The SMILES string of the molecule is CCCc1cc(N2CC[C@H](N)C2)nc(Nc2ccc(F)c(N)c2)n1.Cl.Cl. The fraction of sp³-hybridized carbons (Fsp3) is 0.412. The average molecular weight is 403 g/mol. The average Bonchev–Trinajstić information content (AvgIpc) is 2.98. The summed E-state index contributed by atoms with van der Waals surface area (Å²) in [6, 6.07) is 6.69. The molecule has 2 heterocycles. The number of hydrogen-bond acceptors (Lipinski definition) is 6. The van der Waals surface area contributed by atoms with Crippen molar-refractivity contribution in [3.8, 4) is 0 Å². The van der Waals surface area contributed by atoms with Crippen LogP contribution in [0.25, 0.3) is 0 Å². The van der Waals surface area contributed by atoms with Crippen LogP contribution in [-0.4, -0.2) is 29.1 Å². The summed E-state index contributed by atoms with van der Waals surface area (Å²) in [5.74, 6) is 0.925. The summed E-state index contributed by atoms with van der Waals surface area (Å²) < 4.78 is 13.3. The van der Waals surface area contributed by atoms with Gasteiger partial charge >= 0.3 is 0 Å². The molecule has 26 heavy (non-hydrogen) atoms. The van der Waals surface area contributed by atoms with Crippen molar-refractivity contribution in [2.24, 2.45) is 5.73 Å². The summed E-state index contributed by atoms with van der Waals surface area (Å²) in [4.78, 5) is 11.3. The standard InChI is InChI=1S/C17H23FN6.2ClH/c1-2-3-12-9-16(24-7-6-11(19)10-24)23-17(21-12)22-13-4-5-14(18)15(20)8-13;;/h4-5,8-9,11H,2-3,6-7,10,19-20H2,1H3,(H,21,22,23);2*1H/t11-;;/m0../s1. The third-order valence-corrected chi connectivity index (χ3v) is 4.07. The summed E-state index contributed by atoms with van der Waals surface area (Å²) in [5.41, 5.74) is 13.3. The Bertz CT molecular complexity index is 730. The van der Waals surface area contributed by atoms with Gasteiger partial charge in [0.05, 0.1) is 5.69 Å². The molecule has 5 N–H and O–H groups in total. The number of aryl methyl sites for hydroxylation is 1. The molecule has 2 aromatic rings. The molecule has 1 saturated heterocycles. The van der Waals surface area contributed by atoms with Gasteiger partial charge in [0.2, 0.25) is 5.95 Å². The van der Waals surface area contributed by atoms with Gasteiger partial charge in [-0.15, -0.1) is 24.8 Å². The zero-order valence-electron chi connectivity index (χ0n) is 14.6. The lowest BCUT2D eigenvalue weighted by Crippen LogP contribution is -2.27. The summed E-state index contributed by atoms with van der Waals surface area (Å²) >= 11 is 0. The molecule has 0 radical (unpaired) electrons. The van der Waals surface area contributed by atoms with Gasteiger partial charge in [0.25, 0.3) is 0 Å². The summed E-state index contributed by atoms with van der Waals surface area (Å²) in [5, 5.41) is 3.12. The minimum atomic E-state index is -0.437. The van der Waals surface area contributed by atoms with Crippen molar-refractivity contribution >= 4 is 48.0 Å². The monoisotopic (exact) mass is 402 g/mol. The van der Waals surface area contributed by atoms with Crippen LogP contribution in [-0.2, 0) is 6.42 Å². The van der Waals surface area contributed by atoms with Crippen LogP contribution >= 0.6 is 24.8 Å². The molecule has 1 atom stereocenters. The van der Waals surface area contributed by atoms with Crippen LogP contribution in [0.3, 0.4) is 0 Å². The van der Waals surface area contributed by atoms with Crippen molar-refractivity contribution in [1.29, 1.82) is 0 Å². The van der Waals surface area contributed by atoms with Crippen LogP contribution in [0.4, 0.5) is 27.5 Å². The molecule has 0 amide bonds. The van der Waals surface area contributed by atoms with Gasteiger partial charge < -0.3 is 21.7 Å². The van der Waals surface area contributed by atoms with E-state index in [1.54, 1.807) is 6.07 Å². The van der Waals surface area contributed by atoms with Gasteiger partial charge in [0.1, 0.15) is 11.6 Å². The van der Waals surface area contributed by atoms with E-state index in [-0.39, 0.29) is 36.5 Å². The van der Waals surface area contributed by atoms with Gasteiger partial charge in [0, 0.05) is 36.6 Å². The highest BCUT2D eigenvalue weighted by atomic mass is 35.5. The van der Waals surface area contributed by atoms with Crippen LogP contribution in [0.1, 0.15) is 25.5 Å². The van der Waals surface area contributed by atoms with Crippen LogP contribution < -0.4 is 21.7 Å². The van der Waals surface area contributed by atoms with Crippen LogP contribution in [0.2, 0.25) is 0 Å². The second-order valence-electron chi connectivity index (χ2n) is 6.15. The van der Waals surface area contributed by atoms with Crippen LogP contribution in [0.15, 0.2) is 24.3 Å². The Labute approximate surface area is 165 Å². The molecule has 0 bridgehead atoms. The van der Waals surface area contributed by atoms with Crippen molar-refractivity contribution in [2.45, 2.75) is 32.2 Å². The zero-order valence-corrected chi connectivity index (χ0v) is 16.2. The van der Waals surface area contributed by atoms with Crippen molar-refractivity contribution < 1.29 is 4.39 Å². The number of nitrogen functional groups attached to an aromatic ring is 1. The zero-order chi connectivity index (χ0) is 17.1. The second kappa shape index (κ2) is 9.75. The number of halogens is 3. The molecular formula is C17H25Cl2FN6. The summed E-state index contributed by atoms with van der Waals surface area (Å²) in [6.45, 7) is 3.81. The lowest BCUT2D eigenvalue weighted by molar-refractivity contribution is 0.632. The quantitative estimate of drug-likeness (QED) is 0.664. The molecule has 1 aromatic carbocycles. The molecule has 0 unspecified atom stereocenters. The van der Waals surface area contributed by atoms with Crippen molar-refractivity contribution in [3.63, 3.8) is 0 Å². The maximum Gasteiger partial charge on any atom is 0.229 e. The minimum Gasteiger partial charge on any atom is -0.396 e. The number of hydrogen-bond donors (Lipinski definition) is 3. The normalized spacial score (nSPS) is 16.0. The van der Waals surface area contributed by atoms with E-state index in [2.05, 4.69) is 27.1 Å². The number of nitrogens with two attached hydrogens (primary N) is 2. The first-order chi connectivity index (χ1) is 11.5. The molecule has 3 rings (SSSR count). The van der Waals surface area contributed by atoms with Gasteiger partial charge in [-0.25, -0.2) is 9.37 Å². The van der Waals surface area contributed by atoms with Gasteiger partial charge in [0.15, 0.2) is 0 Å². The molecule has 0 aliphatic carbocycles. The Morgan fingerprint density at radius 1 is 1.27 bits per heavy atom. The third-order valence-electron chi connectivity index (χ3n) is 4.07. The largest absolute Gasteiger partial charge is 0.396 e. The molecule has 0 spiro atoms. The molecule has 1 aliphatic heterocycles. The molecular weight excluding hydrogens is 378 g/mol. The van der Waals surface area contributed by atoms with Crippen molar-refractivity contribution in [2.75, 3.05) is 29.0 Å². The predicted octanol–water partition coefficient (Wildman–Crippen LogP) is 3.28. The fourth-order valence-electron chi connectivity index (χ4n) is 2.83.